The summed E-state index contributed by atoms with van der Waals surface area (Å²) >= 11 is 0. The summed E-state index contributed by atoms with van der Waals surface area (Å²) in [4.78, 5) is 14.3. The third-order valence-corrected chi connectivity index (χ3v) is 8.37. The first kappa shape index (κ1) is 35.5. The second-order valence-electron chi connectivity index (χ2n) is 12.0. The SMILES string of the molecule is COc1ccc(-c2oc3c(CC=C(C)C)c(OC4O[C@H](CO)[C@@H](O)[C@H](O)[C@H]4O)cc(O)c3c(=O)c2OC2O[C@@H](C)[C@H](O)[C@@H](O)[C@H]2O)cc1. The van der Waals surface area contributed by atoms with Gasteiger partial charge in [0.05, 0.1) is 19.8 Å². The Labute approximate surface area is 274 Å². The van der Waals surface area contributed by atoms with E-state index >= 15 is 0 Å². The Balaban J connectivity index is 1.71. The quantitative estimate of drug-likeness (QED) is 0.140. The molecule has 15 nitrogen and oxygen atoms in total. The van der Waals surface area contributed by atoms with E-state index in [1.54, 1.807) is 30.3 Å². The zero-order chi connectivity index (χ0) is 35.0. The molecule has 2 fully saturated rings. The Hall–Kier alpha value is -3.77. The number of aromatic hydroxyl groups is 1. The number of allylic oxidation sites excluding steroid dienone is 2. The van der Waals surface area contributed by atoms with Crippen molar-refractivity contribution < 1.29 is 69.0 Å². The van der Waals surface area contributed by atoms with Crippen LogP contribution in [0.15, 0.2) is 51.2 Å². The number of aliphatic hydroxyl groups excluding tert-OH is 7. The predicted octanol–water partition coefficient (Wildman–Crippen LogP) is 0.0679. The molecule has 3 heterocycles. The molecule has 10 atom stereocenters. The highest BCUT2D eigenvalue weighted by atomic mass is 16.7. The maximum Gasteiger partial charge on any atom is 0.239 e. The minimum atomic E-state index is -1.77. The number of fused-ring (bicyclic) bond motifs is 1. The van der Waals surface area contributed by atoms with Gasteiger partial charge in [-0.2, -0.15) is 0 Å². The molecular formula is C33H40O15. The average Bonchev–Trinajstić information content (AvgIpc) is 3.06. The summed E-state index contributed by atoms with van der Waals surface area (Å²) in [5.41, 5.74) is 0.341. The fourth-order valence-corrected chi connectivity index (χ4v) is 5.52. The first-order valence-electron chi connectivity index (χ1n) is 15.2. The summed E-state index contributed by atoms with van der Waals surface area (Å²) in [6.07, 6.45) is -13.7. The van der Waals surface area contributed by atoms with E-state index in [-0.39, 0.29) is 34.5 Å². The molecule has 1 aromatic heterocycles. The Morgan fingerprint density at radius 2 is 1.50 bits per heavy atom. The van der Waals surface area contributed by atoms with Crippen LogP contribution in [0.2, 0.25) is 0 Å². The van der Waals surface area contributed by atoms with Gasteiger partial charge in [-0.25, -0.2) is 0 Å². The van der Waals surface area contributed by atoms with Gasteiger partial charge in [-0.1, -0.05) is 11.6 Å². The lowest BCUT2D eigenvalue weighted by Crippen LogP contribution is -2.60. The van der Waals surface area contributed by atoms with Crippen LogP contribution in [0.3, 0.4) is 0 Å². The lowest BCUT2D eigenvalue weighted by atomic mass is 9.99. The van der Waals surface area contributed by atoms with E-state index in [0.29, 0.717) is 11.3 Å². The smallest absolute Gasteiger partial charge is 0.239 e. The van der Waals surface area contributed by atoms with Gasteiger partial charge in [-0.05, 0) is 51.5 Å². The molecule has 2 aliphatic rings. The van der Waals surface area contributed by atoms with Crippen molar-refractivity contribution in [1.82, 2.24) is 0 Å². The van der Waals surface area contributed by atoms with Gasteiger partial charge in [-0.15, -0.1) is 0 Å². The van der Waals surface area contributed by atoms with Gasteiger partial charge in [0.15, 0.2) is 5.76 Å². The molecule has 0 spiro atoms. The molecule has 48 heavy (non-hydrogen) atoms. The number of hydrogen-bond acceptors (Lipinski definition) is 15. The van der Waals surface area contributed by atoms with Gasteiger partial charge in [0.2, 0.25) is 23.8 Å². The average molecular weight is 677 g/mol. The summed E-state index contributed by atoms with van der Waals surface area (Å²) in [5, 5.41) is 82.9. The van der Waals surface area contributed by atoms with Gasteiger partial charge in [0.25, 0.3) is 0 Å². The van der Waals surface area contributed by atoms with Crippen molar-refractivity contribution in [2.24, 2.45) is 0 Å². The lowest BCUT2D eigenvalue weighted by Gasteiger charge is -2.39. The van der Waals surface area contributed by atoms with Crippen LogP contribution in [0.1, 0.15) is 26.3 Å². The molecule has 0 aliphatic carbocycles. The highest BCUT2D eigenvalue weighted by Crippen LogP contribution is 2.41. The molecule has 8 N–H and O–H groups in total. The minimum absolute atomic E-state index is 0.0725. The molecular weight excluding hydrogens is 636 g/mol. The number of methoxy groups -OCH3 is 1. The summed E-state index contributed by atoms with van der Waals surface area (Å²) < 4.78 is 34.5. The van der Waals surface area contributed by atoms with E-state index in [1.807, 2.05) is 13.8 Å². The topological polar surface area (TPSA) is 238 Å². The van der Waals surface area contributed by atoms with Crippen LogP contribution < -0.4 is 19.6 Å². The fourth-order valence-electron chi connectivity index (χ4n) is 5.52. The van der Waals surface area contributed by atoms with E-state index < -0.39 is 84.9 Å². The van der Waals surface area contributed by atoms with Crippen LogP contribution in [0.25, 0.3) is 22.3 Å². The van der Waals surface area contributed by atoms with Crippen LogP contribution in [-0.4, -0.2) is 116 Å². The van der Waals surface area contributed by atoms with Crippen LogP contribution in [0, 0.1) is 0 Å². The van der Waals surface area contributed by atoms with E-state index in [2.05, 4.69) is 0 Å². The van der Waals surface area contributed by atoms with Gasteiger partial charge in [0.1, 0.15) is 70.9 Å². The van der Waals surface area contributed by atoms with Gasteiger partial charge in [0, 0.05) is 17.2 Å². The molecule has 0 radical (unpaired) electrons. The van der Waals surface area contributed by atoms with Crippen molar-refractivity contribution in [1.29, 1.82) is 0 Å². The van der Waals surface area contributed by atoms with Crippen LogP contribution in [0.4, 0.5) is 0 Å². The molecule has 2 aliphatic heterocycles. The summed E-state index contributed by atoms with van der Waals surface area (Å²) in [5.74, 6) is -0.922. The molecule has 2 unspecified atom stereocenters. The molecule has 3 aromatic rings. The second kappa shape index (κ2) is 14.4. The molecule has 15 heteroatoms. The number of phenols is 1. The van der Waals surface area contributed by atoms with Crippen molar-refractivity contribution in [3.05, 3.63) is 57.8 Å². The summed E-state index contributed by atoms with van der Waals surface area (Å²) in [6, 6.07) is 7.41. The molecule has 0 saturated carbocycles. The number of phenolic OH excluding ortho intramolecular Hbond substituents is 1. The zero-order valence-electron chi connectivity index (χ0n) is 26.6. The van der Waals surface area contributed by atoms with Crippen molar-refractivity contribution in [3.8, 4) is 34.3 Å². The number of benzene rings is 2. The number of aliphatic hydroxyl groups is 7. The largest absolute Gasteiger partial charge is 0.507 e. The highest BCUT2D eigenvalue weighted by molar-refractivity contribution is 5.91. The first-order valence-corrected chi connectivity index (χ1v) is 15.2. The van der Waals surface area contributed by atoms with Gasteiger partial charge >= 0.3 is 0 Å². The summed E-state index contributed by atoms with van der Waals surface area (Å²) in [6.45, 7) is 4.40. The van der Waals surface area contributed by atoms with Crippen molar-refractivity contribution in [3.63, 3.8) is 0 Å². The maximum absolute atomic E-state index is 14.3. The van der Waals surface area contributed by atoms with Crippen molar-refractivity contribution in [2.75, 3.05) is 13.7 Å². The van der Waals surface area contributed by atoms with E-state index in [4.69, 9.17) is 28.1 Å². The standard InChI is InChI=1S/C33H40O15/c1-13(2)5-10-17-19(45-33-28(42)26(40)23(37)20(12-34)46-33)11-18(35)21-24(38)31(48-32-27(41)25(39)22(36)14(3)44-32)29(47-30(17)21)15-6-8-16(43-4)9-7-15/h5-9,11,14,20,22-23,25-28,32-37,39-42H,10,12H2,1-4H3/t14-,20+,22-,23+,25+,26-,27+,28+,32?,33?/m0/s1. The summed E-state index contributed by atoms with van der Waals surface area (Å²) in [7, 11) is 1.47. The van der Waals surface area contributed by atoms with Crippen molar-refractivity contribution in [2.45, 2.75) is 88.6 Å². The highest BCUT2D eigenvalue weighted by Gasteiger charge is 2.46. The third kappa shape index (κ3) is 6.74. The normalized spacial score (nSPS) is 30.6. The molecule has 0 bridgehead atoms. The molecule has 262 valence electrons. The van der Waals surface area contributed by atoms with Crippen molar-refractivity contribution >= 4 is 11.0 Å². The zero-order valence-corrected chi connectivity index (χ0v) is 26.6. The van der Waals surface area contributed by atoms with Gasteiger partial charge in [-0.3, -0.25) is 4.79 Å². The third-order valence-electron chi connectivity index (χ3n) is 8.37. The minimum Gasteiger partial charge on any atom is -0.507 e. The molecule has 2 saturated heterocycles. The monoisotopic (exact) mass is 676 g/mol. The Morgan fingerprint density at radius 3 is 2.10 bits per heavy atom. The second-order valence-corrected chi connectivity index (χ2v) is 12.0. The Morgan fingerprint density at radius 1 is 0.875 bits per heavy atom. The van der Waals surface area contributed by atoms with E-state index in [1.165, 1.54) is 14.0 Å². The van der Waals surface area contributed by atoms with Crippen LogP contribution in [-0.2, 0) is 15.9 Å². The number of hydrogen-bond donors (Lipinski definition) is 8. The van der Waals surface area contributed by atoms with Crippen LogP contribution in [0.5, 0.6) is 23.0 Å². The number of ether oxygens (including phenoxy) is 5. The Bertz CT molecular complexity index is 1680. The molecule has 5 rings (SSSR count). The Kier molecular flexibility index (Phi) is 10.6. The molecule has 2 aromatic carbocycles. The van der Waals surface area contributed by atoms with E-state index in [9.17, 15) is 45.6 Å². The molecule has 0 amide bonds. The van der Waals surface area contributed by atoms with Crippen LogP contribution >= 0.6 is 0 Å². The predicted molar refractivity (Wildman–Crippen MR) is 167 cm³/mol. The maximum atomic E-state index is 14.3. The van der Waals surface area contributed by atoms with E-state index in [0.717, 1.165) is 11.6 Å². The lowest BCUT2D eigenvalue weighted by molar-refractivity contribution is -0.277. The van der Waals surface area contributed by atoms with Gasteiger partial charge < -0.3 is 69.0 Å². The fraction of sp³-hybridized carbons (Fsp3) is 0.485. The first-order chi connectivity index (χ1) is 22.8. The number of rotatable bonds is 9.